The second-order valence-electron chi connectivity index (χ2n) is 6.13. The fraction of sp³-hybridized carbons (Fsp3) is 0.556. The molecule has 1 aliphatic carbocycles. The molecule has 22 heavy (non-hydrogen) atoms. The first-order valence-corrected chi connectivity index (χ1v) is 8.05. The molecule has 1 aliphatic rings. The fourth-order valence-electron chi connectivity index (χ4n) is 2.96. The monoisotopic (exact) mass is 305 g/mol. The summed E-state index contributed by atoms with van der Waals surface area (Å²) < 4.78 is 5.30. The van der Waals surface area contributed by atoms with Crippen molar-refractivity contribution in [2.24, 2.45) is 5.73 Å². The molecule has 2 rings (SSSR count). The zero-order chi connectivity index (χ0) is 16.0. The second-order valence-corrected chi connectivity index (χ2v) is 6.13. The molecule has 0 heterocycles. The molecule has 1 unspecified atom stereocenters. The number of rotatable bonds is 6. The van der Waals surface area contributed by atoms with Crippen LogP contribution in [0.5, 0.6) is 5.75 Å². The van der Waals surface area contributed by atoms with Crippen molar-refractivity contribution in [2.45, 2.75) is 50.2 Å². The van der Waals surface area contributed by atoms with Gasteiger partial charge in [0.15, 0.2) is 0 Å². The van der Waals surface area contributed by atoms with Crippen LogP contribution in [-0.2, 0) is 0 Å². The Morgan fingerprint density at radius 1 is 1.27 bits per heavy atom. The summed E-state index contributed by atoms with van der Waals surface area (Å²) >= 11 is 0. The van der Waals surface area contributed by atoms with E-state index in [1.807, 2.05) is 30.4 Å². The van der Waals surface area contributed by atoms with Crippen molar-refractivity contribution in [3.8, 4) is 5.75 Å². The Kier molecular flexibility index (Phi) is 6.00. The number of hydrogen-bond acceptors (Lipinski definition) is 4. The maximum atomic E-state index is 10.5. The average molecular weight is 305 g/mol. The third-order valence-corrected chi connectivity index (χ3v) is 4.32. The first-order chi connectivity index (χ1) is 10.6. The number of benzene rings is 1. The van der Waals surface area contributed by atoms with Crippen LogP contribution in [0.15, 0.2) is 24.3 Å². The maximum Gasteiger partial charge on any atom is 0.119 e. The van der Waals surface area contributed by atoms with Gasteiger partial charge >= 0.3 is 0 Å². The van der Waals surface area contributed by atoms with Gasteiger partial charge in [-0.15, -0.1) is 0 Å². The highest BCUT2D eigenvalue weighted by atomic mass is 16.5. The van der Waals surface area contributed by atoms with Crippen LogP contribution >= 0.6 is 0 Å². The van der Waals surface area contributed by atoms with E-state index in [1.165, 1.54) is 6.42 Å². The first kappa shape index (κ1) is 17.0. The van der Waals surface area contributed by atoms with Gasteiger partial charge in [0.25, 0.3) is 0 Å². The van der Waals surface area contributed by atoms with Crippen LogP contribution < -0.4 is 10.5 Å². The van der Waals surface area contributed by atoms with Gasteiger partial charge in [0.1, 0.15) is 5.75 Å². The van der Waals surface area contributed by atoms with Crippen molar-refractivity contribution in [2.75, 3.05) is 13.7 Å². The lowest BCUT2D eigenvalue weighted by atomic mass is 9.84. The molecule has 1 aromatic carbocycles. The molecule has 4 heteroatoms. The highest BCUT2D eigenvalue weighted by molar-refractivity contribution is 5.55. The Balaban J connectivity index is 2.20. The lowest BCUT2D eigenvalue weighted by Crippen LogP contribution is -2.28. The van der Waals surface area contributed by atoms with Crippen molar-refractivity contribution < 1.29 is 14.9 Å². The van der Waals surface area contributed by atoms with E-state index >= 15 is 0 Å². The molecule has 122 valence electrons. The molecule has 0 bridgehead atoms. The average Bonchev–Trinajstić information content (AvgIpc) is 2.53. The molecule has 0 radical (unpaired) electrons. The molecule has 1 aromatic rings. The van der Waals surface area contributed by atoms with Crippen molar-refractivity contribution in [1.82, 2.24) is 0 Å². The number of hydrogen-bond donors (Lipinski definition) is 3. The van der Waals surface area contributed by atoms with Crippen molar-refractivity contribution >= 4 is 6.08 Å². The lowest BCUT2D eigenvalue weighted by Gasteiger charge is -2.28. The largest absolute Gasteiger partial charge is 0.497 e. The van der Waals surface area contributed by atoms with Crippen molar-refractivity contribution in [3.63, 3.8) is 0 Å². The van der Waals surface area contributed by atoms with Crippen LogP contribution in [-0.4, -0.2) is 29.5 Å². The van der Waals surface area contributed by atoms with E-state index < -0.39 is 11.7 Å². The van der Waals surface area contributed by atoms with E-state index in [2.05, 4.69) is 0 Å². The highest BCUT2D eigenvalue weighted by Gasteiger charge is 2.25. The maximum absolute atomic E-state index is 10.5. The van der Waals surface area contributed by atoms with Gasteiger partial charge in [0, 0.05) is 0 Å². The van der Waals surface area contributed by atoms with Gasteiger partial charge in [-0.2, -0.15) is 0 Å². The van der Waals surface area contributed by atoms with Gasteiger partial charge in [0.2, 0.25) is 0 Å². The Morgan fingerprint density at radius 2 is 2.00 bits per heavy atom. The van der Waals surface area contributed by atoms with Gasteiger partial charge in [-0.05, 0) is 55.1 Å². The Hall–Kier alpha value is -1.36. The summed E-state index contributed by atoms with van der Waals surface area (Å²) in [5, 5.41) is 20.7. The van der Waals surface area contributed by atoms with E-state index in [4.69, 9.17) is 10.5 Å². The van der Waals surface area contributed by atoms with Gasteiger partial charge in [0.05, 0.1) is 18.8 Å². The minimum Gasteiger partial charge on any atom is -0.497 e. The van der Waals surface area contributed by atoms with E-state index in [0.29, 0.717) is 18.7 Å². The smallest absolute Gasteiger partial charge is 0.119 e. The van der Waals surface area contributed by atoms with Crippen LogP contribution in [0.25, 0.3) is 6.08 Å². The summed E-state index contributed by atoms with van der Waals surface area (Å²) in [5.74, 6) is 0.698. The number of methoxy groups -OCH3 is 1. The fourth-order valence-corrected chi connectivity index (χ4v) is 2.96. The number of aliphatic hydroxyl groups excluding tert-OH is 1. The summed E-state index contributed by atoms with van der Waals surface area (Å²) in [6, 6.07) is 5.65. The molecular weight excluding hydrogens is 278 g/mol. The van der Waals surface area contributed by atoms with Crippen molar-refractivity contribution in [1.29, 1.82) is 0 Å². The Labute approximate surface area is 132 Å². The zero-order valence-corrected chi connectivity index (χ0v) is 13.3. The molecule has 0 saturated heterocycles. The summed E-state index contributed by atoms with van der Waals surface area (Å²) in [7, 11) is 1.61. The summed E-state index contributed by atoms with van der Waals surface area (Å²) in [6.07, 6.45) is 8.70. The molecule has 0 aromatic heterocycles. The Bertz CT molecular complexity index is 507. The standard InChI is InChI=1S/C18H27NO3/c1-22-16-12-14(11-15(13-16)17(20)6-10-19)5-9-18(21)7-3-2-4-8-18/h5,9,11-13,17,20-21H,2-4,6-8,10,19H2,1H3/b9-5+. The summed E-state index contributed by atoms with van der Waals surface area (Å²) in [5.41, 5.74) is 6.53. The normalized spacial score (nSPS) is 19.3. The number of aliphatic hydroxyl groups is 2. The quantitative estimate of drug-likeness (QED) is 0.755. The second kappa shape index (κ2) is 7.77. The molecule has 0 aliphatic heterocycles. The van der Waals surface area contributed by atoms with Gasteiger partial charge < -0.3 is 20.7 Å². The highest BCUT2D eigenvalue weighted by Crippen LogP contribution is 2.30. The van der Waals surface area contributed by atoms with Crippen LogP contribution in [0.2, 0.25) is 0 Å². The minimum atomic E-state index is -0.697. The van der Waals surface area contributed by atoms with Gasteiger partial charge in [-0.25, -0.2) is 0 Å². The number of nitrogens with two attached hydrogens (primary N) is 1. The summed E-state index contributed by atoms with van der Waals surface area (Å²) in [6.45, 7) is 0.434. The minimum absolute atomic E-state index is 0.434. The third-order valence-electron chi connectivity index (χ3n) is 4.32. The van der Waals surface area contributed by atoms with Gasteiger partial charge in [-0.1, -0.05) is 31.4 Å². The topological polar surface area (TPSA) is 75.7 Å². The molecule has 4 N–H and O–H groups in total. The predicted octanol–water partition coefficient (Wildman–Crippen LogP) is 2.79. The zero-order valence-electron chi connectivity index (χ0n) is 13.3. The molecule has 1 saturated carbocycles. The van der Waals surface area contributed by atoms with E-state index in [-0.39, 0.29) is 0 Å². The van der Waals surface area contributed by atoms with Crippen LogP contribution in [0.3, 0.4) is 0 Å². The first-order valence-electron chi connectivity index (χ1n) is 8.05. The van der Waals surface area contributed by atoms with E-state index in [9.17, 15) is 10.2 Å². The molecular formula is C18H27NO3. The molecule has 0 spiro atoms. The van der Waals surface area contributed by atoms with E-state index in [1.54, 1.807) is 7.11 Å². The van der Waals surface area contributed by atoms with Crippen LogP contribution in [0.1, 0.15) is 55.8 Å². The van der Waals surface area contributed by atoms with Crippen LogP contribution in [0.4, 0.5) is 0 Å². The van der Waals surface area contributed by atoms with Crippen molar-refractivity contribution in [3.05, 3.63) is 35.4 Å². The van der Waals surface area contributed by atoms with E-state index in [0.717, 1.165) is 36.8 Å². The molecule has 0 amide bonds. The van der Waals surface area contributed by atoms with Gasteiger partial charge in [-0.3, -0.25) is 0 Å². The molecule has 4 nitrogen and oxygen atoms in total. The third kappa shape index (κ3) is 4.57. The Morgan fingerprint density at radius 3 is 2.64 bits per heavy atom. The SMILES string of the molecule is COc1cc(/C=C/C2(O)CCCCC2)cc(C(O)CCN)c1. The lowest BCUT2D eigenvalue weighted by molar-refractivity contribution is 0.0521. The predicted molar refractivity (Wildman–Crippen MR) is 88.7 cm³/mol. The van der Waals surface area contributed by atoms with Crippen LogP contribution in [0, 0.1) is 0 Å². The summed E-state index contributed by atoms with van der Waals surface area (Å²) in [4.78, 5) is 0. The molecule has 1 fully saturated rings. The number of ether oxygens (including phenoxy) is 1. The molecule has 1 atom stereocenters.